The van der Waals surface area contributed by atoms with E-state index >= 15 is 0 Å². The first-order valence-electron chi connectivity index (χ1n) is 9.82. The summed E-state index contributed by atoms with van der Waals surface area (Å²) < 4.78 is 1.57. The van der Waals surface area contributed by atoms with Gasteiger partial charge in [-0.3, -0.25) is 18.9 Å². The average molecular weight is 431 g/mol. The highest BCUT2D eigenvalue weighted by atomic mass is 32.1. The third-order valence-electron chi connectivity index (χ3n) is 5.63. The maximum absolute atomic E-state index is 13.1. The molecule has 1 atom stereocenters. The van der Waals surface area contributed by atoms with Gasteiger partial charge in [0.25, 0.3) is 5.56 Å². The van der Waals surface area contributed by atoms with Crippen LogP contribution in [-0.4, -0.2) is 68.8 Å². The van der Waals surface area contributed by atoms with Crippen LogP contribution >= 0.6 is 22.7 Å². The maximum Gasteiger partial charge on any atom is 0.258 e. The van der Waals surface area contributed by atoms with Crippen molar-refractivity contribution in [1.29, 1.82) is 0 Å². The number of rotatable bonds is 4. The van der Waals surface area contributed by atoms with Crippen LogP contribution in [0.4, 0.5) is 5.13 Å². The Morgan fingerprint density at radius 2 is 2.00 bits per heavy atom. The third-order valence-corrected chi connectivity index (χ3v) is 7.19. The molecular formula is C19H22N6O2S2. The molecule has 3 aromatic rings. The number of anilines is 1. The smallest absolute Gasteiger partial charge is 0.258 e. The number of carbonyl (C=O) groups excluding carboxylic acids is 1. The maximum atomic E-state index is 13.1. The number of piperazine rings is 1. The van der Waals surface area contributed by atoms with Gasteiger partial charge in [-0.05, 0) is 12.8 Å². The van der Waals surface area contributed by atoms with E-state index in [9.17, 15) is 9.59 Å². The number of fused-ring (bicyclic) bond motifs is 1. The first-order chi connectivity index (χ1) is 14.2. The van der Waals surface area contributed by atoms with Gasteiger partial charge in [-0.2, -0.15) is 0 Å². The summed E-state index contributed by atoms with van der Waals surface area (Å²) in [7, 11) is 0. The number of thiazole rings is 2. The Balaban J connectivity index is 1.21. The number of hydrogen-bond donors (Lipinski definition) is 0. The van der Waals surface area contributed by atoms with Gasteiger partial charge < -0.3 is 9.80 Å². The van der Waals surface area contributed by atoms with Crippen LogP contribution in [0.15, 0.2) is 34.0 Å². The molecule has 0 bridgehead atoms. The second kappa shape index (κ2) is 7.85. The zero-order valence-corrected chi connectivity index (χ0v) is 17.6. The Morgan fingerprint density at radius 3 is 2.79 bits per heavy atom. The van der Waals surface area contributed by atoms with Crippen LogP contribution in [0.2, 0.25) is 0 Å². The number of nitrogens with zero attached hydrogens (tertiary/aromatic N) is 6. The summed E-state index contributed by atoms with van der Waals surface area (Å²) in [5.41, 5.74) is 0.756. The second-order valence-electron chi connectivity index (χ2n) is 7.41. The summed E-state index contributed by atoms with van der Waals surface area (Å²) in [6.07, 6.45) is 5.48. The fourth-order valence-electron chi connectivity index (χ4n) is 4.15. The molecule has 1 unspecified atom stereocenters. The van der Waals surface area contributed by atoms with E-state index in [0.29, 0.717) is 19.6 Å². The Morgan fingerprint density at radius 1 is 1.14 bits per heavy atom. The Bertz CT molecular complexity index is 1050. The minimum atomic E-state index is -0.0874. The summed E-state index contributed by atoms with van der Waals surface area (Å²) in [5.74, 6) is 0.216. The predicted molar refractivity (Wildman–Crippen MR) is 114 cm³/mol. The van der Waals surface area contributed by atoms with Crippen LogP contribution in [-0.2, 0) is 11.3 Å². The molecule has 5 heterocycles. The summed E-state index contributed by atoms with van der Waals surface area (Å²) in [5, 5.41) is 4.78. The topological polar surface area (TPSA) is 74.1 Å². The van der Waals surface area contributed by atoms with Crippen molar-refractivity contribution in [3.05, 3.63) is 45.3 Å². The van der Waals surface area contributed by atoms with E-state index in [-0.39, 0.29) is 17.5 Å². The molecular weight excluding hydrogens is 408 g/mol. The molecule has 29 heavy (non-hydrogen) atoms. The molecule has 0 aromatic carbocycles. The molecule has 2 aliphatic rings. The SMILES string of the molecule is O=C(C1CCCN1c1nccs1)N1CCN(Cc2cc(=O)n3ccsc3n2)CC1. The molecule has 1 amide bonds. The van der Waals surface area contributed by atoms with E-state index in [0.717, 1.165) is 48.3 Å². The molecule has 3 aromatic heterocycles. The molecule has 8 nitrogen and oxygen atoms in total. The van der Waals surface area contributed by atoms with Crippen molar-refractivity contribution in [3.8, 4) is 0 Å². The van der Waals surface area contributed by atoms with Gasteiger partial charge in [-0.15, -0.1) is 22.7 Å². The zero-order chi connectivity index (χ0) is 19.8. The molecule has 5 rings (SSSR count). The van der Waals surface area contributed by atoms with Gasteiger partial charge >= 0.3 is 0 Å². The highest BCUT2D eigenvalue weighted by Gasteiger charge is 2.36. The highest BCUT2D eigenvalue weighted by Crippen LogP contribution is 2.28. The fourth-order valence-corrected chi connectivity index (χ4v) is 5.60. The molecule has 0 aliphatic carbocycles. The second-order valence-corrected chi connectivity index (χ2v) is 9.15. The van der Waals surface area contributed by atoms with Gasteiger partial charge in [0.2, 0.25) is 5.91 Å². The number of hydrogen-bond acceptors (Lipinski definition) is 8. The van der Waals surface area contributed by atoms with Gasteiger partial charge in [0, 0.05) is 68.5 Å². The quantitative estimate of drug-likeness (QED) is 0.625. The first-order valence-corrected chi connectivity index (χ1v) is 11.6. The van der Waals surface area contributed by atoms with E-state index in [1.54, 1.807) is 34.2 Å². The van der Waals surface area contributed by atoms with Crippen molar-refractivity contribution >= 4 is 38.7 Å². The third kappa shape index (κ3) is 3.67. The zero-order valence-electron chi connectivity index (χ0n) is 15.9. The van der Waals surface area contributed by atoms with Crippen LogP contribution < -0.4 is 10.5 Å². The lowest BCUT2D eigenvalue weighted by Gasteiger charge is -2.37. The van der Waals surface area contributed by atoms with Crippen LogP contribution in [0.3, 0.4) is 0 Å². The summed E-state index contributed by atoms with van der Waals surface area (Å²) in [4.78, 5) is 41.4. The van der Waals surface area contributed by atoms with Crippen molar-refractivity contribution in [2.45, 2.75) is 25.4 Å². The van der Waals surface area contributed by atoms with Crippen molar-refractivity contribution in [1.82, 2.24) is 24.2 Å². The molecule has 0 radical (unpaired) electrons. The molecule has 10 heteroatoms. The van der Waals surface area contributed by atoms with Crippen LogP contribution in [0.5, 0.6) is 0 Å². The summed E-state index contributed by atoms with van der Waals surface area (Å²) in [6, 6.07) is 1.53. The number of amides is 1. The average Bonchev–Trinajstić information content (AvgIpc) is 3.48. The van der Waals surface area contributed by atoms with Gasteiger partial charge in [0.05, 0.1) is 5.69 Å². The van der Waals surface area contributed by atoms with Crippen molar-refractivity contribution in [2.24, 2.45) is 0 Å². The molecule has 2 fully saturated rings. The van der Waals surface area contributed by atoms with Crippen molar-refractivity contribution in [3.63, 3.8) is 0 Å². The monoisotopic (exact) mass is 430 g/mol. The number of aromatic nitrogens is 3. The van der Waals surface area contributed by atoms with E-state index in [1.165, 1.54) is 11.3 Å². The van der Waals surface area contributed by atoms with E-state index < -0.39 is 0 Å². The minimum Gasteiger partial charge on any atom is -0.338 e. The van der Waals surface area contributed by atoms with E-state index in [4.69, 9.17) is 0 Å². The van der Waals surface area contributed by atoms with Crippen LogP contribution in [0.1, 0.15) is 18.5 Å². The van der Waals surface area contributed by atoms with Crippen molar-refractivity contribution < 1.29 is 4.79 Å². The largest absolute Gasteiger partial charge is 0.338 e. The van der Waals surface area contributed by atoms with E-state index in [2.05, 4.69) is 19.8 Å². The minimum absolute atomic E-state index is 0.0384. The van der Waals surface area contributed by atoms with Crippen molar-refractivity contribution in [2.75, 3.05) is 37.6 Å². The highest BCUT2D eigenvalue weighted by molar-refractivity contribution is 7.15. The summed E-state index contributed by atoms with van der Waals surface area (Å²) >= 11 is 3.06. The van der Waals surface area contributed by atoms with Gasteiger partial charge in [-0.25, -0.2) is 9.97 Å². The van der Waals surface area contributed by atoms with Gasteiger partial charge in [0.15, 0.2) is 10.1 Å². The number of carbonyl (C=O) groups is 1. The first kappa shape index (κ1) is 18.7. The fraction of sp³-hybridized carbons (Fsp3) is 0.474. The van der Waals surface area contributed by atoms with E-state index in [1.807, 2.05) is 15.7 Å². The summed E-state index contributed by atoms with van der Waals surface area (Å²) in [6.45, 7) is 4.54. The molecule has 0 spiro atoms. The van der Waals surface area contributed by atoms with Gasteiger partial charge in [0.1, 0.15) is 6.04 Å². The van der Waals surface area contributed by atoms with Crippen LogP contribution in [0.25, 0.3) is 4.96 Å². The lowest BCUT2D eigenvalue weighted by Crippen LogP contribution is -2.53. The van der Waals surface area contributed by atoms with Crippen LogP contribution in [0, 0.1) is 0 Å². The predicted octanol–water partition coefficient (Wildman–Crippen LogP) is 1.53. The molecule has 152 valence electrons. The lowest BCUT2D eigenvalue weighted by atomic mass is 10.1. The molecule has 0 saturated carbocycles. The molecule has 2 saturated heterocycles. The molecule has 2 aliphatic heterocycles. The standard InChI is InChI=1S/C19H22N6O2S2/c26-16-12-14(21-19-25(16)9-11-29-19)13-22-5-7-23(8-6-22)17(27)15-2-1-4-24(15)18-20-3-10-28-18/h3,9-12,15H,1-2,4-8,13H2. The Labute approximate surface area is 176 Å². The molecule has 0 N–H and O–H groups in total. The lowest BCUT2D eigenvalue weighted by molar-refractivity contribution is -0.134. The van der Waals surface area contributed by atoms with Gasteiger partial charge in [-0.1, -0.05) is 0 Å². The normalized spacial score (nSPS) is 20.6. The Hall–Kier alpha value is -2.30. The Kier molecular flexibility index (Phi) is 5.06.